The number of hydrogen-bond donors (Lipinski definition) is 2. The van der Waals surface area contributed by atoms with Crippen molar-refractivity contribution in [1.82, 2.24) is 0 Å². The summed E-state index contributed by atoms with van der Waals surface area (Å²) in [6.07, 6.45) is 8.19. The monoisotopic (exact) mass is 1480 g/mol. The summed E-state index contributed by atoms with van der Waals surface area (Å²) in [5, 5.41) is 31.0. The summed E-state index contributed by atoms with van der Waals surface area (Å²) in [7, 11) is 6.84. The molecule has 10 aromatic carbocycles. The fraction of sp³-hybridized carbons (Fsp3) is 0.448. The third kappa shape index (κ3) is 19.4. The van der Waals surface area contributed by atoms with Gasteiger partial charge < -0.3 is 57.6 Å². The Morgan fingerprint density at radius 2 is 0.780 bits per heavy atom. The van der Waals surface area contributed by atoms with Crippen LogP contribution in [0.3, 0.4) is 0 Å². The van der Waals surface area contributed by atoms with Crippen LogP contribution in [-0.4, -0.2) is 84.3 Å². The lowest BCUT2D eigenvalue weighted by Crippen LogP contribution is -2.24. The molecule has 0 fully saturated rings. The third-order valence-corrected chi connectivity index (χ3v) is 22.2. The molecule has 582 valence electrons. The van der Waals surface area contributed by atoms with Crippen molar-refractivity contribution in [3.63, 3.8) is 0 Å². The average molecular weight is 1480 g/mol. The van der Waals surface area contributed by atoms with Crippen LogP contribution in [0.25, 0.3) is 43.1 Å². The van der Waals surface area contributed by atoms with Crippen molar-refractivity contribution >= 4 is 49.1 Å². The van der Waals surface area contributed by atoms with E-state index in [1.165, 1.54) is 73.5 Å². The number of fused-ring (bicyclic) bond motifs is 4. The van der Waals surface area contributed by atoms with Gasteiger partial charge >= 0.3 is 5.97 Å². The maximum absolute atomic E-state index is 13.1. The van der Waals surface area contributed by atoms with Gasteiger partial charge in [0.15, 0.2) is 0 Å². The molecule has 2 aliphatic rings. The summed E-state index contributed by atoms with van der Waals surface area (Å²) < 4.78 is 59.1. The molecule has 12 rings (SSSR count). The Balaban J connectivity index is 0.000000175. The van der Waals surface area contributed by atoms with Crippen LogP contribution in [0, 0.1) is 0 Å². The van der Waals surface area contributed by atoms with E-state index in [0.717, 1.165) is 128 Å². The summed E-state index contributed by atoms with van der Waals surface area (Å²) in [5.74, 6) is 6.39. The molecule has 0 radical (unpaired) electrons. The molecule has 13 nitrogen and oxygen atoms in total. The number of carbonyl (C=O) groups excluding carboxylic acids is 1. The molecule has 2 N–H and O–H groups in total. The summed E-state index contributed by atoms with van der Waals surface area (Å²) in [6, 6.07) is 50.6. The van der Waals surface area contributed by atoms with Gasteiger partial charge in [0.25, 0.3) is 0 Å². The Hall–Kier alpha value is -8.53. The van der Waals surface area contributed by atoms with Crippen molar-refractivity contribution in [3.8, 4) is 28.7 Å². The van der Waals surface area contributed by atoms with E-state index in [-0.39, 0.29) is 19.2 Å². The number of benzene rings is 10. The van der Waals surface area contributed by atoms with Gasteiger partial charge in [-0.1, -0.05) is 178 Å². The zero-order chi connectivity index (χ0) is 77.8. The van der Waals surface area contributed by atoms with E-state index >= 15 is 0 Å². The number of esters is 1. The summed E-state index contributed by atoms with van der Waals surface area (Å²) in [5.41, 5.74) is 16.6. The fourth-order valence-electron chi connectivity index (χ4n) is 16.3. The van der Waals surface area contributed by atoms with Crippen LogP contribution in [0.4, 0.5) is 0 Å². The molecular weight excluding hydrogens is 1360 g/mol. The van der Waals surface area contributed by atoms with Crippen LogP contribution in [0.5, 0.6) is 28.7 Å². The third-order valence-electron chi connectivity index (χ3n) is 22.2. The molecule has 0 aliphatic heterocycles. The number of aliphatic hydroxyl groups is 2. The van der Waals surface area contributed by atoms with Gasteiger partial charge in [0.1, 0.15) is 68.4 Å². The van der Waals surface area contributed by atoms with Gasteiger partial charge in [0.2, 0.25) is 0 Å². The van der Waals surface area contributed by atoms with Crippen molar-refractivity contribution in [3.05, 3.63) is 229 Å². The first-order valence-electron chi connectivity index (χ1n) is 39.9. The van der Waals surface area contributed by atoms with E-state index < -0.39 is 12.2 Å². The van der Waals surface area contributed by atoms with E-state index in [4.69, 9.17) is 47.4 Å². The standard InChI is InChI=1S/C34H42O5.C33H40O4.C29H38O4/c1-5-20(2)24-12-8-14-26-25(24)13-9-15-27(26)34(37)39-19-18-38-33-30(21(3)35)28-16-6-10-23-11-7-17-29(32(23)28)31(33)22(4)36;1-7-23(4)31-27-12-8-10-14-29(27)33(30-15-11-9-13-28(30)31)37-17-16-36-32-25(20-34-5)18-24(22(2)3)19-26(32)21-35-6;1-7-21(4)25-12-13-28(27-11-9-8-10-26(25)27)32-14-15-33-29-23(18-30-5)16-22(20(2)3)17-24(29)19-31-6/h8-9,12-15,20-23,35-36H,5-7,10-11,16-19H2,1-4H3;8-15,18-19,22-23H,7,16-17,20-21H2,1-6H3;8-13,16-17,20-21H,7,14-15,18-19H2,1-6H3. The Morgan fingerprint density at radius 1 is 0.394 bits per heavy atom. The smallest absolute Gasteiger partial charge is 0.338 e. The molecule has 13 heteroatoms. The van der Waals surface area contributed by atoms with E-state index in [2.05, 4.69) is 191 Å². The highest BCUT2D eigenvalue weighted by atomic mass is 16.6. The number of methoxy groups -OCH3 is 4. The van der Waals surface area contributed by atoms with Gasteiger partial charge in [-0.3, -0.25) is 0 Å². The highest BCUT2D eigenvalue weighted by Crippen LogP contribution is 2.51. The number of carbonyl (C=O) groups is 1. The topological polar surface area (TPSA) is 150 Å². The second kappa shape index (κ2) is 39.9. The largest absolute Gasteiger partial charge is 0.489 e. The molecule has 0 heterocycles. The maximum Gasteiger partial charge on any atom is 0.338 e. The second-order valence-corrected chi connectivity index (χ2v) is 30.3. The van der Waals surface area contributed by atoms with E-state index in [9.17, 15) is 15.0 Å². The highest BCUT2D eigenvalue weighted by Gasteiger charge is 2.36. The molecule has 0 saturated heterocycles. The highest BCUT2D eigenvalue weighted by molar-refractivity contribution is 6.09. The number of aliphatic hydroxyl groups excluding tert-OH is 2. The Morgan fingerprint density at radius 3 is 1.24 bits per heavy atom. The molecule has 2 aliphatic carbocycles. The summed E-state index contributed by atoms with van der Waals surface area (Å²) >= 11 is 0. The lowest BCUT2D eigenvalue weighted by atomic mass is 9.69. The van der Waals surface area contributed by atoms with E-state index in [1.54, 1.807) is 42.3 Å². The minimum Gasteiger partial charge on any atom is -0.489 e. The first-order chi connectivity index (χ1) is 52.8. The molecule has 0 aromatic heterocycles. The summed E-state index contributed by atoms with van der Waals surface area (Å²) in [6.45, 7) is 29.7. The quantitative estimate of drug-likeness (QED) is 0.0228. The molecule has 5 unspecified atom stereocenters. The van der Waals surface area contributed by atoms with Gasteiger partial charge in [-0.15, -0.1) is 0 Å². The molecule has 10 aromatic rings. The van der Waals surface area contributed by atoms with Crippen molar-refractivity contribution in [1.29, 1.82) is 0 Å². The van der Waals surface area contributed by atoms with Crippen molar-refractivity contribution < 1.29 is 62.4 Å². The maximum atomic E-state index is 13.1. The van der Waals surface area contributed by atoms with Crippen LogP contribution < -0.4 is 23.7 Å². The molecule has 0 saturated carbocycles. The van der Waals surface area contributed by atoms with Crippen molar-refractivity contribution in [2.45, 2.75) is 215 Å². The van der Waals surface area contributed by atoms with Crippen LogP contribution in [0.1, 0.15) is 264 Å². The van der Waals surface area contributed by atoms with Gasteiger partial charge in [-0.2, -0.15) is 0 Å². The van der Waals surface area contributed by atoms with Crippen LogP contribution >= 0.6 is 0 Å². The normalized spacial score (nSPS) is 14.7. The van der Waals surface area contributed by atoms with E-state index in [0.29, 0.717) is 99.7 Å². The minimum atomic E-state index is -0.712. The predicted octanol–water partition coefficient (Wildman–Crippen LogP) is 23.1. The molecule has 0 bridgehead atoms. The Bertz CT molecular complexity index is 4510. The first kappa shape index (κ1) is 83.0. The lowest BCUT2D eigenvalue weighted by Gasteiger charge is -2.37. The lowest BCUT2D eigenvalue weighted by molar-refractivity contribution is 0.0447. The predicted molar refractivity (Wildman–Crippen MR) is 443 cm³/mol. The zero-order valence-corrected chi connectivity index (χ0v) is 67.8. The van der Waals surface area contributed by atoms with Gasteiger partial charge in [0, 0.05) is 78.0 Å². The van der Waals surface area contributed by atoms with Gasteiger partial charge in [0.05, 0.1) is 44.2 Å². The number of rotatable bonds is 33. The molecule has 0 spiro atoms. The Labute approximate surface area is 648 Å². The summed E-state index contributed by atoms with van der Waals surface area (Å²) in [4.78, 5) is 13.1. The number of hydrogen-bond acceptors (Lipinski definition) is 13. The zero-order valence-electron chi connectivity index (χ0n) is 67.8. The van der Waals surface area contributed by atoms with Crippen LogP contribution in [0.2, 0.25) is 0 Å². The molecule has 0 amide bonds. The van der Waals surface area contributed by atoms with Crippen molar-refractivity contribution in [2.75, 3.05) is 68.1 Å². The average Bonchev–Trinajstić information content (AvgIpc) is 0.715. The Kier molecular flexibility index (Phi) is 30.4. The number of ether oxygens (including phenoxy) is 10. The molecular formula is C96H120O13. The molecule has 109 heavy (non-hydrogen) atoms. The SMILES string of the molecule is CCC(C)c1c2ccccc2c(OCCOc2c(COC)cc(C(C)C)cc2COC)c2ccccc12.CCC(C)c1ccc(OCCOc2c(COC)cc(C(C)C)cc2COC)c2ccccc12.CCC(C)c1cccc2c(C(=O)OCCOc3c(C(C)O)c4c5c(c3C(C)O)CCCC5CCC4)cccc12. The van der Waals surface area contributed by atoms with Gasteiger partial charge in [-0.25, -0.2) is 4.79 Å². The second-order valence-electron chi connectivity index (χ2n) is 30.3. The van der Waals surface area contributed by atoms with Crippen LogP contribution in [0.15, 0.2) is 146 Å². The molecule has 5 atom stereocenters. The van der Waals surface area contributed by atoms with Crippen molar-refractivity contribution in [2.24, 2.45) is 0 Å². The first-order valence-corrected chi connectivity index (χ1v) is 39.9. The van der Waals surface area contributed by atoms with E-state index in [1.807, 2.05) is 24.3 Å². The fourth-order valence-corrected chi connectivity index (χ4v) is 16.3. The van der Waals surface area contributed by atoms with Gasteiger partial charge in [-0.05, 0) is 215 Å². The minimum absolute atomic E-state index is 0.0772. The van der Waals surface area contributed by atoms with Crippen LogP contribution in [-0.2, 0) is 63.0 Å².